The molecular weight excluding hydrogens is 1590 g/mol. The van der Waals surface area contributed by atoms with Gasteiger partial charge in [0.05, 0.1) is 32.5 Å². The quantitative estimate of drug-likeness (QED) is 0.0948. The van der Waals surface area contributed by atoms with Crippen molar-refractivity contribution in [1.82, 2.24) is 0 Å². The first-order valence-electron chi connectivity index (χ1n) is 46.5. The molecule has 0 aliphatic heterocycles. The molecule has 0 unspecified atom stereocenters. The van der Waals surface area contributed by atoms with Gasteiger partial charge >= 0.3 is 37.1 Å². The van der Waals surface area contributed by atoms with Crippen molar-refractivity contribution in [2.24, 2.45) is 119 Å². The molecule has 0 heterocycles. The van der Waals surface area contributed by atoms with Crippen molar-refractivity contribution in [3.05, 3.63) is 0 Å². The molecule has 0 radical (unpaired) electrons. The molecule has 4 aliphatic rings. The molecule has 21 heteroatoms. The molecule has 0 aromatic rings. The fourth-order valence-electron chi connectivity index (χ4n) is 18.9. The van der Waals surface area contributed by atoms with Crippen LogP contribution in [0.25, 0.3) is 0 Å². The van der Waals surface area contributed by atoms with Crippen molar-refractivity contribution < 1.29 is 92.2 Å². The monoisotopic (exact) mass is 1780 g/mol. The van der Waals surface area contributed by atoms with E-state index < -0.39 is 97.4 Å². The van der Waals surface area contributed by atoms with Gasteiger partial charge in [-0.25, -0.2) is 13.2 Å². The van der Waals surface area contributed by atoms with Gasteiger partial charge in [0.2, 0.25) is 0 Å². The molecule has 4 rings (SSSR count). The van der Waals surface area contributed by atoms with Gasteiger partial charge in [-0.15, -0.1) is 0 Å². The van der Waals surface area contributed by atoms with E-state index in [1.165, 1.54) is 48.0 Å². The van der Waals surface area contributed by atoms with E-state index in [0.29, 0.717) is 112 Å². The number of hydrogen-bond acceptors (Lipinski definition) is 0. The van der Waals surface area contributed by atoms with Gasteiger partial charge in [0.1, 0.15) is 17.0 Å². The number of alkyl halides is 21. The molecule has 4 aliphatic carbocycles. The third-order valence-corrected chi connectivity index (χ3v) is 30.4. The first-order valence-corrected chi connectivity index (χ1v) is 46.5. The minimum atomic E-state index is -4.17. The molecule has 0 saturated heterocycles. The van der Waals surface area contributed by atoms with Crippen molar-refractivity contribution in [2.75, 3.05) is 0 Å². The lowest BCUT2D eigenvalue weighted by Crippen LogP contribution is -2.57. The second-order valence-electron chi connectivity index (χ2n) is 44.4. The van der Waals surface area contributed by atoms with Crippen LogP contribution in [-0.2, 0) is 0 Å². The standard InChI is InChI=1S/C16H33F.C15H29F3.C13H25F3.C10H17F3.C9H17F3.C9H17F.C8H13F3.C7H13F3.C7H13F.C5H12/c1-10(2)14(11(3)4)16(9,17)15(12(5)6)13(7)8;1-8-12(5,9-2)14(7,15(16,17)18)13(6,10-3)11-4;1-6-10(7-2)12(5,13(14,15)16)11(8-3)9-4;1-8(2)4-6-9(3,7-5-8)10(11,12)13;1-6(2)8(5,7(3)4)9(10,11)12;1-8(2)4-6-9(3,10)7-5-8;1-7(8(9,10)11)5-3-2-4-6-7;1-4-6(3,5-2)7(8,9)10;1-7(8)5-3-2-4-6-7;1-5(2,3)4/h10-15H,1-9H3;8-11H2,1-7H3;10-11H,6-9H2,1-5H3;4-7H2,1-3H3;6-7H,1-5H3;4-7H2,1-3H3;2-6H2,1H3;4-5H2,1-3H3;2-6H2,1H3;1-4H3. The molecule has 0 bridgehead atoms. The minimum absolute atomic E-state index is 0.102. The summed E-state index contributed by atoms with van der Waals surface area (Å²) >= 11 is 0. The van der Waals surface area contributed by atoms with E-state index in [0.717, 1.165) is 70.6 Å². The largest absolute Gasteiger partial charge is 0.395 e. The molecule has 0 nitrogen and oxygen atoms in total. The third-order valence-electron chi connectivity index (χ3n) is 30.4. The summed E-state index contributed by atoms with van der Waals surface area (Å²) in [5.41, 5.74) is -12.2. The summed E-state index contributed by atoms with van der Waals surface area (Å²) < 4.78 is 272. The summed E-state index contributed by atoms with van der Waals surface area (Å²) in [5, 5.41) is 0. The van der Waals surface area contributed by atoms with E-state index >= 15 is 4.39 Å². The van der Waals surface area contributed by atoms with Gasteiger partial charge in [0.25, 0.3) is 0 Å². The highest BCUT2D eigenvalue weighted by atomic mass is 19.4. The Bertz CT molecular complexity index is 2470. The van der Waals surface area contributed by atoms with Crippen molar-refractivity contribution >= 4 is 0 Å². The van der Waals surface area contributed by atoms with Crippen LogP contribution in [0.3, 0.4) is 0 Å². The second-order valence-corrected chi connectivity index (χ2v) is 44.4. The molecule has 120 heavy (non-hydrogen) atoms. The molecule has 732 valence electrons. The fraction of sp³-hybridized carbons (Fsp3) is 1.00. The van der Waals surface area contributed by atoms with Crippen LogP contribution in [-0.4, -0.2) is 54.1 Å². The van der Waals surface area contributed by atoms with Gasteiger partial charge in [-0.05, 0) is 230 Å². The average molecular weight is 1780 g/mol. The molecule has 4 saturated carbocycles. The maximum Gasteiger partial charge on any atom is 0.395 e. The van der Waals surface area contributed by atoms with Crippen molar-refractivity contribution in [1.29, 1.82) is 0 Å². The highest BCUT2D eigenvalue weighted by Gasteiger charge is 2.67. The lowest BCUT2D eigenvalue weighted by molar-refractivity contribution is -0.301. The molecule has 0 aromatic carbocycles. The molecule has 4 fully saturated rings. The topological polar surface area (TPSA) is 0 Å². The highest BCUT2D eigenvalue weighted by Crippen LogP contribution is 2.66. The Labute approximate surface area is 725 Å². The van der Waals surface area contributed by atoms with E-state index in [9.17, 15) is 87.8 Å². The number of halogens is 21. The van der Waals surface area contributed by atoms with E-state index in [1.807, 2.05) is 76.2 Å². The SMILES string of the molecule is CC(C)(C)C.CC(C)C(C(C)C)C(C)(F)C(C(C)C)C(C)C.CC(C)C(C)(C(C)C)C(F)(F)F.CC1(C(F)(F)F)CCCCC1.CC1(C)CCC(C)(C(F)(F)F)CC1.CC1(C)CCC(C)(F)CC1.CC1(F)CCCCC1.CCC(C)(CC)C(C)(C(F)(F)F)C(C)(CC)CC.CCC(C)(CC)C(F)(F)F.CCC(CC)C(C)(C(CC)CC)C(F)(F)F. The van der Waals surface area contributed by atoms with Crippen LogP contribution in [0.5, 0.6) is 0 Å². The van der Waals surface area contributed by atoms with Crippen LogP contribution in [0, 0.1) is 119 Å². The predicted octanol–water partition coefficient (Wildman–Crippen LogP) is 40.2. The summed E-state index contributed by atoms with van der Waals surface area (Å²) in [6.07, 6.45) is -5.95. The lowest BCUT2D eigenvalue weighted by atomic mass is 9.49. The number of hydrogen-bond donors (Lipinski definition) is 0. The predicted molar refractivity (Wildman–Crippen MR) is 471 cm³/mol. The summed E-state index contributed by atoms with van der Waals surface area (Å²) in [7, 11) is 0. The van der Waals surface area contributed by atoms with Crippen LogP contribution in [0.15, 0.2) is 0 Å². The van der Waals surface area contributed by atoms with Gasteiger partial charge in [-0.1, -0.05) is 320 Å². The smallest absolute Gasteiger partial charge is 0.244 e. The Morgan fingerprint density at radius 2 is 0.475 bits per heavy atom. The van der Waals surface area contributed by atoms with E-state index in [1.54, 1.807) is 69.2 Å². The normalized spacial score (nSPS) is 18.8. The van der Waals surface area contributed by atoms with Gasteiger partial charge in [0.15, 0.2) is 0 Å². The van der Waals surface area contributed by atoms with Crippen molar-refractivity contribution in [3.8, 4) is 0 Å². The Morgan fingerprint density at radius 1 is 0.258 bits per heavy atom. The Hall–Kier alpha value is -1.47. The summed E-state index contributed by atoms with van der Waals surface area (Å²) in [6.45, 7) is 76.0. The van der Waals surface area contributed by atoms with Gasteiger partial charge in [0, 0.05) is 0 Å². The molecule has 0 spiro atoms. The zero-order valence-electron chi connectivity index (χ0n) is 84.5. The zero-order valence-corrected chi connectivity index (χ0v) is 84.5. The minimum Gasteiger partial charge on any atom is -0.244 e. The van der Waals surface area contributed by atoms with Gasteiger partial charge in [-0.3, -0.25) is 0 Å². The third kappa shape index (κ3) is 40.3. The van der Waals surface area contributed by atoms with Crippen LogP contribution in [0.2, 0.25) is 0 Å². The summed E-state index contributed by atoms with van der Waals surface area (Å²) in [4.78, 5) is 0. The first-order chi connectivity index (χ1) is 53.1. The van der Waals surface area contributed by atoms with Crippen LogP contribution in [0.4, 0.5) is 92.2 Å². The van der Waals surface area contributed by atoms with E-state index in [4.69, 9.17) is 0 Å². The Kier molecular flexibility index (Phi) is 55.2. The van der Waals surface area contributed by atoms with Gasteiger partial charge in [-0.2, -0.15) is 79.0 Å². The van der Waals surface area contributed by atoms with Crippen molar-refractivity contribution in [2.45, 2.75) is 518 Å². The van der Waals surface area contributed by atoms with E-state index in [-0.39, 0.29) is 66.6 Å². The Morgan fingerprint density at radius 3 is 0.608 bits per heavy atom. The van der Waals surface area contributed by atoms with Crippen LogP contribution in [0.1, 0.15) is 464 Å². The maximum absolute atomic E-state index is 15.4. The van der Waals surface area contributed by atoms with Crippen LogP contribution < -0.4 is 0 Å². The molecule has 0 atom stereocenters. The maximum atomic E-state index is 15.4. The highest BCUT2D eigenvalue weighted by molar-refractivity contribution is 5.06. The molecular formula is C99H189F21. The van der Waals surface area contributed by atoms with Crippen LogP contribution >= 0.6 is 0 Å². The van der Waals surface area contributed by atoms with E-state index in [2.05, 4.69) is 96.9 Å². The zero-order chi connectivity index (χ0) is 97.6. The number of rotatable bonds is 22. The second kappa shape index (κ2) is 51.2. The molecule has 0 aromatic heterocycles. The lowest BCUT2D eigenvalue weighted by Gasteiger charge is -2.57. The first kappa shape index (κ1) is 129. The molecule has 0 N–H and O–H groups in total. The fourth-order valence-corrected chi connectivity index (χ4v) is 18.9. The summed E-state index contributed by atoms with van der Waals surface area (Å²) in [6, 6.07) is 0. The van der Waals surface area contributed by atoms with Crippen molar-refractivity contribution in [3.63, 3.8) is 0 Å². The Balaban J connectivity index is -0.000000305. The molecule has 0 amide bonds. The van der Waals surface area contributed by atoms with Gasteiger partial charge < -0.3 is 0 Å². The average Bonchev–Trinajstić information content (AvgIpc) is 0.718. The summed E-state index contributed by atoms with van der Waals surface area (Å²) in [5.74, 6) is 0.560.